The largest absolute Gasteiger partial charge is 0.245 e. The molecule has 0 unspecified atom stereocenters. The molecule has 0 saturated heterocycles. The quantitative estimate of drug-likeness (QED) is 0.654. The van der Waals surface area contributed by atoms with Gasteiger partial charge in [-0.1, -0.05) is 24.3 Å². The molecular formula is C11H9N2. The molecule has 2 rings (SSSR count). The van der Waals surface area contributed by atoms with Crippen molar-refractivity contribution in [2.45, 2.75) is 0 Å². The molecule has 2 aromatic rings. The van der Waals surface area contributed by atoms with Crippen molar-refractivity contribution >= 4 is 0 Å². The summed E-state index contributed by atoms with van der Waals surface area (Å²) in [6, 6.07) is 9.84. The molecule has 0 bridgehead atoms. The second kappa shape index (κ2) is 3.35. The lowest BCUT2D eigenvalue weighted by Gasteiger charge is -1.99. The van der Waals surface area contributed by atoms with Crippen molar-refractivity contribution < 1.29 is 0 Å². The molecule has 13 heavy (non-hydrogen) atoms. The molecule has 0 spiro atoms. The number of hydrogen-bond donors (Lipinski definition) is 0. The highest BCUT2D eigenvalue weighted by Crippen LogP contribution is 2.15. The van der Waals surface area contributed by atoms with Crippen molar-refractivity contribution in [1.82, 2.24) is 9.97 Å². The van der Waals surface area contributed by atoms with Gasteiger partial charge >= 0.3 is 0 Å². The predicted octanol–water partition coefficient (Wildman–Crippen LogP) is 2.33. The van der Waals surface area contributed by atoms with Crippen molar-refractivity contribution in [3.63, 3.8) is 0 Å². The van der Waals surface area contributed by atoms with Crippen LogP contribution in [-0.4, -0.2) is 9.97 Å². The number of rotatable bonds is 1. The second-order valence-electron chi connectivity index (χ2n) is 2.79. The van der Waals surface area contributed by atoms with Gasteiger partial charge in [0.1, 0.15) is 6.33 Å². The number of benzene rings is 1. The van der Waals surface area contributed by atoms with Gasteiger partial charge in [0.25, 0.3) is 0 Å². The van der Waals surface area contributed by atoms with E-state index in [1.807, 2.05) is 30.3 Å². The van der Waals surface area contributed by atoms with Gasteiger partial charge in [-0.05, 0) is 18.6 Å². The molecule has 0 fully saturated rings. The van der Waals surface area contributed by atoms with E-state index in [2.05, 4.69) is 16.9 Å². The van der Waals surface area contributed by atoms with Crippen LogP contribution in [0.1, 0.15) is 5.56 Å². The van der Waals surface area contributed by atoms with Crippen LogP contribution in [-0.2, 0) is 0 Å². The second-order valence-corrected chi connectivity index (χ2v) is 2.79. The fourth-order valence-electron chi connectivity index (χ4n) is 1.14. The molecular weight excluding hydrogens is 160 g/mol. The summed E-state index contributed by atoms with van der Waals surface area (Å²) in [5.41, 5.74) is 3.04. The Morgan fingerprint density at radius 1 is 1.00 bits per heavy atom. The summed E-state index contributed by atoms with van der Waals surface area (Å²) in [7, 11) is 0. The van der Waals surface area contributed by atoms with E-state index in [-0.39, 0.29) is 0 Å². The lowest BCUT2D eigenvalue weighted by molar-refractivity contribution is 1.17. The minimum atomic E-state index is 0.940. The van der Waals surface area contributed by atoms with Crippen LogP contribution in [0.15, 0.2) is 42.9 Å². The molecule has 0 aliphatic heterocycles. The Balaban J connectivity index is 2.42. The number of aromatic nitrogens is 2. The molecule has 0 aliphatic rings. The van der Waals surface area contributed by atoms with Gasteiger partial charge in [0, 0.05) is 11.8 Å². The normalized spacial score (nSPS) is 9.92. The fraction of sp³-hybridized carbons (Fsp3) is 0. The van der Waals surface area contributed by atoms with Crippen LogP contribution >= 0.6 is 0 Å². The third kappa shape index (κ3) is 1.72. The molecule has 63 valence electrons. The summed E-state index contributed by atoms with van der Waals surface area (Å²) in [4.78, 5) is 8.01. The summed E-state index contributed by atoms with van der Waals surface area (Å²) < 4.78 is 0. The van der Waals surface area contributed by atoms with Crippen molar-refractivity contribution in [1.29, 1.82) is 0 Å². The average Bonchev–Trinajstić information content (AvgIpc) is 2.20. The molecule has 0 saturated carbocycles. The average molecular weight is 169 g/mol. The van der Waals surface area contributed by atoms with E-state index in [9.17, 15) is 0 Å². The van der Waals surface area contributed by atoms with Crippen molar-refractivity contribution in [3.05, 3.63) is 55.3 Å². The van der Waals surface area contributed by atoms with Crippen molar-refractivity contribution in [2.24, 2.45) is 0 Å². The Hall–Kier alpha value is -1.70. The number of hydrogen-bond acceptors (Lipinski definition) is 2. The van der Waals surface area contributed by atoms with E-state index >= 15 is 0 Å². The smallest absolute Gasteiger partial charge is 0.116 e. The Kier molecular flexibility index (Phi) is 2.04. The van der Waals surface area contributed by atoms with Gasteiger partial charge < -0.3 is 0 Å². The van der Waals surface area contributed by atoms with Gasteiger partial charge in [-0.3, -0.25) is 0 Å². The lowest BCUT2D eigenvalue weighted by Crippen LogP contribution is -1.83. The zero-order valence-electron chi connectivity index (χ0n) is 7.14. The third-order valence-electron chi connectivity index (χ3n) is 1.83. The Morgan fingerprint density at radius 3 is 2.38 bits per heavy atom. The van der Waals surface area contributed by atoms with Gasteiger partial charge in [0.15, 0.2) is 0 Å². The molecule has 1 aromatic carbocycles. The topological polar surface area (TPSA) is 25.8 Å². The van der Waals surface area contributed by atoms with Gasteiger partial charge in [0.2, 0.25) is 0 Å². The minimum Gasteiger partial charge on any atom is -0.245 e. The van der Waals surface area contributed by atoms with Crippen molar-refractivity contribution in [2.75, 3.05) is 0 Å². The molecule has 0 aliphatic carbocycles. The van der Waals surface area contributed by atoms with Crippen LogP contribution in [0.4, 0.5) is 0 Å². The monoisotopic (exact) mass is 169 g/mol. The first-order valence-corrected chi connectivity index (χ1v) is 4.05. The Bertz CT molecular complexity index is 379. The van der Waals surface area contributed by atoms with Crippen LogP contribution in [0.5, 0.6) is 0 Å². The summed E-state index contributed by atoms with van der Waals surface area (Å²) in [6.45, 7) is 3.82. The first-order valence-electron chi connectivity index (χ1n) is 4.05. The van der Waals surface area contributed by atoms with Gasteiger partial charge in [-0.15, -0.1) is 0 Å². The maximum absolute atomic E-state index is 4.15. The summed E-state index contributed by atoms with van der Waals surface area (Å²) in [5.74, 6) is 0. The molecule has 0 N–H and O–H groups in total. The third-order valence-corrected chi connectivity index (χ3v) is 1.83. The molecule has 1 heterocycles. The predicted molar refractivity (Wildman–Crippen MR) is 51.9 cm³/mol. The molecule has 1 radical (unpaired) electrons. The fourth-order valence-corrected chi connectivity index (χ4v) is 1.14. The van der Waals surface area contributed by atoms with Crippen LogP contribution in [0, 0.1) is 6.92 Å². The molecule has 2 heteroatoms. The Morgan fingerprint density at radius 2 is 1.77 bits per heavy atom. The number of nitrogens with zero attached hydrogens (tertiary/aromatic N) is 2. The van der Waals surface area contributed by atoms with Gasteiger partial charge in [0.05, 0.1) is 5.69 Å². The van der Waals surface area contributed by atoms with Gasteiger partial charge in [-0.2, -0.15) is 0 Å². The zero-order chi connectivity index (χ0) is 9.10. The first-order chi connectivity index (χ1) is 6.36. The Labute approximate surface area is 77.3 Å². The van der Waals surface area contributed by atoms with Crippen LogP contribution in [0.25, 0.3) is 11.3 Å². The van der Waals surface area contributed by atoms with Gasteiger partial charge in [-0.25, -0.2) is 9.97 Å². The van der Waals surface area contributed by atoms with E-state index in [0.717, 1.165) is 16.8 Å². The van der Waals surface area contributed by atoms with Crippen LogP contribution < -0.4 is 0 Å². The summed E-state index contributed by atoms with van der Waals surface area (Å²) in [6.07, 6.45) is 3.29. The molecule has 0 atom stereocenters. The van der Waals surface area contributed by atoms with E-state index in [1.165, 1.54) is 0 Å². The first kappa shape index (κ1) is 7.92. The lowest BCUT2D eigenvalue weighted by atomic mass is 10.1. The molecule has 0 amide bonds. The highest BCUT2D eigenvalue weighted by Gasteiger charge is 1.95. The molecule has 2 nitrogen and oxygen atoms in total. The van der Waals surface area contributed by atoms with Crippen LogP contribution in [0.2, 0.25) is 0 Å². The summed E-state index contributed by atoms with van der Waals surface area (Å²) >= 11 is 0. The minimum absolute atomic E-state index is 0.940. The molecule has 1 aromatic heterocycles. The van der Waals surface area contributed by atoms with E-state index in [0.29, 0.717) is 0 Å². The standard InChI is InChI=1S/C11H9N2/c1-9-2-4-10(5-3-9)11-6-7-12-8-13-11/h2-8H,1H2. The maximum Gasteiger partial charge on any atom is 0.116 e. The highest BCUT2D eigenvalue weighted by atomic mass is 14.8. The summed E-state index contributed by atoms with van der Waals surface area (Å²) in [5, 5.41) is 0. The van der Waals surface area contributed by atoms with Crippen LogP contribution in [0.3, 0.4) is 0 Å². The van der Waals surface area contributed by atoms with E-state index in [4.69, 9.17) is 0 Å². The van der Waals surface area contributed by atoms with E-state index in [1.54, 1.807) is 12.5 Å². The van der Waals surface area contributed by atoms with E-state index < -0.39 is 0 Å². The van der Waals surface area contributed by atoms with Crippen molar-refractivity contribution in [3.8, 4) is 11.3 Å². The SMILES string of the molecule is [CH2]c1ccc(-c2ccncn2)cc1. The maximum atomic E-state index is 4.15. The highest BCUT2D eigenvalue weighted by molar-refractivity contribution is 5.58. The zero-order valence-corrected chi connectivity index (χ0v) is 7.14.